The minimum atomic E-state index is 0.617. The van der Waals surface area contributed by atoms with Gasteiger partial charge in [0, 0.05) is 6.54 Å². The lowest BCUT2D eigenvalue weighted by molar-refractivity contribution is 0.306. The number of benzene rings is 2. The van der Waals surface area contributed by atoms with E-state index in [1.807, 2.05) is 19.2 Å². The van der Waals surface area contributed by atoms with Gasteiger partial charge in [-0.05, 0) is 37.2 Å². The van der Waals surface area contributed by atoms with Crippen LogP contribution in [0.2, 0.25) is 0 Å². The molecule has 0 atom stereocenters. The Labute approximate surface area is 109 Å². The van der Waals surface area contributed by atoms with Crippen LogP contribution in [0.5, 0.6) is 5.75 Å². The molecule has 0 saturated heterocycles. The first-order valence-electron chi connectivity index (χ1n) is 6.20. The van der Waals surface area contributed by atoms with Crippen molar-refractivity contribution in [1.82, 2.24) is 5.32 Å². The first-order valence-corrected chi connectivity index (χ1v) is 6.20. The highest BCUT2D eigenvalue weighted by molar-refractivity contribution is 5.28. The smallest absolute Gasteiger partial charge is 0.119 e. The predicted octanol–water partition coefficient (Wildman–Crippen LogP) is 3.29. The third kappa shape index (κ3) is 3.60. The normalized spacial score (nSPS) is 10.3. The van der Waals surface area contributed by atoms with Gasteiger partial charge in [0.25, 0.3) is 0 Å². The molecule has 0 spiro atoms. The van der Waals surface area contributed by atoms with Gasteiger partial charge < -0.3 is 10.1 Å². The molecule has 94 valence electrons. The van der Waals surface area contributed by atoms with Crippen LogP contribution in [0.4, 0.5) is 0 Å². The molecule has 0 heterocycles. The molecule has 0 fully saturated rings. The van der Waals surface area contributed by atoms with Gasteiger partial charge in [0.1, 0.15) is 12.4 Å². The third-order valence-electron chi connectivity index (χ3n) is 2.83. The fourth-order valence-electron chi connectivity index (χ4n) is 1.76. The molecule has 0 unspecified atom stereocenters. The van der Waals surface area contributed by atoms with E-state index in [-0.39, 0.29) is 0 Å². The van der Waals surface area contributed by atoms with Crippen LogP contribution in [0.1, 0.15) is 16.7 Å². The quantitative estimate of drug-likeness (QED) is 0.867. The molecule has 2 nitrogen and oxygen atoms in total. The van der Waals surface area contributed by atoms with Crippen molar-refractivity contribution < 1.29 is 4.74 Å². The fourth-order valence-corrected chi connectivity index (χ4v) is 1.76. The molecule has 0 aromatic heterocycles. The molecule has 2 heteroatoms. The fraction of sp³-hybridized carbons (Fsp3) is 0.250. The summed E-state index contributed by atoms with van der Waals surface area (Å²) in [5, 5.41) is 3.13. The zero-order chi connectivity index (χ0) is 12.8. The summed E-state index contributed by atoms with van der Waals surface area (Å²) in [7, 11) is 1.95. The number of nitrogens with one attached hydrogen (secondary N) is 1. The van der Waals surface area contributed by atoms with Crippen LogP contribution in [0, 0.1) is 6.92 Å². The molecule has 0 saturated carbocycles. The minimum absolute atomic E-state index is 0.617. The molecular weight excluding hydrogens is 222 g/mol. The molecule has 18 heavy (non-hydrogen) atoms. The molecule has 0 amide bonds. The summed E-state index contributed by atoms with van der Waals surface area (Å²) in [4.78, 5) is 0. The van der Waals surface area contributed by atoms with Crippen molar-refractivity contribution in [1.29, 1.82) is 0 Å². The SMILES string of the molecule is CNCc1ccc(OCc2ccc(C)cc2)cc1. The van der Waals surface area contributed by atoms with Crippen LogP contribution < -0.4 is 10.1 Å². The molecule has 1 N–H and O–H groups in total. The first-order chi connectivity index (χ1) is 8.78. The van der Waals surface area contributed by atoms with E-state index in [1.165, 1.54) is 16.7 Å². The number of ether oxygens (including phenoxy) is 1. The monoisotopic (exact) mass is 241 g/mol. The lowest BCUT2D eigenvalue weighted by Crippen LogP contribution is -2.04. The maximum absolute atomic E-state index is 5.74. The Morgan fingerprint density at radius 2 is 1.50 bits per heavy atom. The highest BCUT2D eigenvalue weighted by atomic mass is 16.5. The van der Waals surface area contributed by atoms with Gasteiger partial charge in [0.2, 0.25) is 0 Å². The second-order valence-electron chi connectivity index (χ2n) is 4.45. The summed E-state index contributed by atoms with van der Waals surface area (Å²) < 4.78 is 5.74. The van der Waals surface area contributed by atoms with E-state index in [0.29, 0.717) is 6.61 Å². The Morgan fingerprint density at radius 3 is 2.11 bits per heavy atom. The van der Waals surface area contributed by atoms with E-state index in [2.05, 4.69) is 48.6 Å². The van der Waals surface area contributed by atoms with Gasteiger partial charge in [0.15, 0.2) is 0 Å². The summed E-state index contributed by atoms with van der Waals surface area (Å²) in [6.45, 7) is 3.59. The lowest BCUT2D eigenvalue weighted by atomic mass is 10.2. The number of aryl methyl sites for hydroxylation is 1. The van der Waals surface area contributed by atoms with Crippen LogP contribution in [-0.2, 0) is 13.2 Å². The van der Waals surface area contributed by atoms with Gasteiger partial charge in [-0.1, -0.05) is 42.0 Å². The van der Waals surface area contributed by atoms with Crippen molar-refractivity contribution in [3.63, 3.8) is 0 Å². The second kappa shape index (κ2) is 6.22. The maximum atomic E-state index is 5.74. The Bertz CT molecular complexity index is 473. The molecule has 2 aromatic rings. The number of hydrogen-bond acceptors (Lipinski definition) is 2. The van der Waals surface area contributed by atoms with E-state index >= 15 is 0 Å². The van der Waals surface area contributed by atoms with Crippen LogP contribution >= 0.6 is 0 Å². The van der Waals surface area contributed by atoms with Crippen molar-refractivity contribution in [3.05, 3.63) is 65.2 Å². The van der Waals surface area contributed by atoms with Crippen molar-refractivity contribution in [2.75, 3.05) is 7.05 Å². The van der Waals surface area contributed by atoms with Crippen molar-refractivity contribution >= 4 is 0 Å². The lowest BCUT2D eigenvalue weighted by Gasteiger charge is -2.07. The molecule has 0 radical (unpaired) electrons. The van der Waals surface area contributed by atoms with Crippen LogP contribution in [0.25, 0.3) is 0 Å². The summed E-state index contributed by atoms with van der Waals surface area (Å²) >= 11 is 0. The second-order valence-corrected chi connectivity index (χ2v) is 4.45. The number of hydrogen-bond donors (Lipinski definition) is 1. The van der Waals surface area contributed by atoms with Crippen molar-refractivity contribution in [2.45, 2.75) is 20.1 Å². The van der Waals surface area contributed by atoms with E-state index in [0.717, 1.165) is 12.3 Å². The Balaban J connectivity index is 1.91. The summed E-state index contributed by atoms with van der Waals surface area (Å²) in [5.41, 5.74) is 3.73. The van der Waals surface area contributed by atoms with E-state index in [9.17, 15) is 0 Å². The Kier molecular flexibility index (Phi) is 4.37. The van der Waals surface area contributed by atoms with Gasteiger partial charge in [-0.15, -0.1) is 0 Å². The largest absolute Gasteiger partial charge is 0.489 e. The molecule has 2 aromatic carbocycles. The topological polar surface area (TPSA) is 21.3 Å². The van der Waals surface area contributed by atoms with Crippen LogP contribution in [0.3, 0.4) is 0 Å². The van der Waals surface area contributed by atoms with Crippen molar-refractivity contribution in [2.24, 2.45) is 0 Å². The highest BCUT2D eigenvalue weighted by Crippen LogP contribution is 2.14. The summed E-state index contributed by atoms with van der Waals surface area (Å²) in [5.74, 6) is 0.912. The van der Waals surface area contributed by atoms with Crippen LogP contribution in [-0.4, -0.2) is 7.05 Å². The zero-order valence-electron chi connectivity index (χ0n) is 10.9. The average molecular weight is 241 g/mol. The van der Waals surface area contributed by atoms with Gasteiger partial charge in [-0.3, -0.25) is 0 Å². The van der Waals surface area contributed by atoms with Gasteiger partial charge >= 0.3 is 0 Å². The standard InChI is InChI=1S/C16H19NO/c1-13-3-5-15(6-4-13)12-18-16-9-7-14(8-10-16)11-17-2/h3-10,17H,11-12H2,1-2H3. The third-order valence-corrected chi connectivity index (χ3v) is 2.83. The van der Waals surface area contributed by atoms with Crippen LogP contribution in [0.15, 0.2) is 48.5 Å². The van der Waals surface area contributed by atoms with Gasteiger partial charge in [0.05, 0.1) is 0 Å². The number of rotatable bonds is 5. The van der Waals surface area contributed by atoms with E-state index in [4.69, 9.17) is 4.74 Å². The zero-order valence-corrected chi connectivity index (χ0v) is 10.9. The molecule has 2 rings (SSSR count). The first kappa shape index (κ1) is 12.7. The predicted molar refractivity (Wildman–Crippen MR) is 74.7 cm³/mol. The Morgan fingerprint density at radius 1 is 0.889 bits per heavy atom. The summed E-state index contributed by atoms with van der Waals surface area (Å²) in [6, 6.07) is 16.6. The highest BCUT2D eigenvalue weighted by Gasteiger charge is 1.97. The molecule has 0 aliphatic carbocycles. The molecule has 0 bridgehead atoms. The molecule has 0 aliphatic rings. The Hall–Kier alpha value is -1.80. The van der Waals surface area contributed by atoms with Gasteiger partial charge in [-0.2, -0.15) is 0 Å². The molecular formula is C16H19NO. The van der Waals surface area contributed by atoms with Gasteiger partial charge in [-0.25, -0.2) is 0 Å². The van der Waals surface area contributed by atoms with E-state index < -0.39 is 0 Å². The maximum Gasteiger partial charge on any atom is 0.119 e. The van der Waals surface area contributed by atoms with Crippen molar-refractivity contribution in [3.8, 4) is 5.75 Å². The summed E-state index contributed by atoms with van der Waals surface area (Å²) in [6.07, 6.45) is 0. The van der Waals surface area contributed by atoms with E-state index in [1.54, 1.807) is 0 Å². The minimum Gasteiger partial charge on any atom is -0.489 e. The molecule has 0 aliphatic heterocycles. The average Bonchev–Trinajstić information content (AvgIpc) is 2.40.